The highest BCUT2D eigenvalue weighted by Crippen LogP contribution is 2.39. The molecule has 2 aromatic carbocycles. The first kappa shape index (κ1) is 26.9. The van der Waals surface area contributed by atoms with Crippen molar-refractivity contribution < 1.29 is 23.1 Å². The Hall–Kier alpha value is -2.38. The molecule has 0 radical (unpaired) electrons. The van der Waals surface area contributed by atoms with Gasteiger partial charge in [-0.15, -0.1) is 0 Å². The van der Waals surface area contributed by atoms with Crippen LogP contribution in [0.1, 0.15) is 46.6 Å². The Balaban J connectivity index is 2.75. The van der Waals surface area contributed by atoms with Crippen molar-refractivity contribution in [1.29, 1.82) is 0 Å². The minimum absolute atomic E-state index is 0.0132. The second-order valence-corrected chi connectivity index (χ2v) is 11.2. The molecule has 0 heterocycles. The Kier molecular flexibility index (Phi) is 9.09. The van der Waals surface area contributed by atoms with Gasteiger partial charge < -0.3 is 9.84 Å². The summed E-state index contributed by atoms with van der Waals surface area (Å²) in [6, 6.07) is 15.3. The quantitative estimate of drug-likeness (QED) is 0.480. The maximum absolute atomic E-state index is 14.2. The third-order valence-electron chi connectivity index (χ3n) is 6.43. The number of aliphatic carboxylic acids is 1. The second kappa shape index (κ2) is 11.2. The van der Waals surface area contributed by atoms with Crippen LogP contribution in [0, 0.1) is 5.92 Å². The van der Waals surface area contributed by atoms with E-state index in [1.807, 2.05) is 40.7 Å². The second-order valence-electron chi connectivity index (χ2n) is 9.03. The Morgan fingerprint density at radius 2 is 1.55 bits per heavy atom. The number of carboxylic acids is 1. The molecule has 0 bridgehead atoms. The topological polar surface area (TPSA) is 83.9 Å². The predicted molar refractivity (Wildman–Crippen MR) is 131 cm³/mol. The lowest BCUT2D eigenvalue weighted by Crippen LogP contribution is -2.58. The average molecular weight is 476 g/mol. The molecular formula is C26H37NO5S. The number of ether oxygens (including phenoxy) is 1. The minimum atomic E-state index is -4.28. The average Bonchev–Trinajstić information content (AvgIpc) is 2.78. The van der Waals surface area contributed by atoms with Gasteiger partial charge in [0, 0.05) is 31.0 Å². The molecule has 2 unspecified atom stereocenters. The summed E-state index contributed by atoms with van der Waals surface area (Å²) in [5.41, 5.74) is 0.677. The van der Waals surface area contributed by atoms with E-state index in [4.69, 9.17) is 4.74 Å². The number of methoxy groups -OCH3 is 1. The lowest BCUT2D eigenvalue weighted by molar-refractivity contribution is -0.142. The van der Waals surface area contributed by atoms with E-state index in [2.05, 4.69) is 4.90 Å². The van der Waals surface area contributed by atoms with Crippen molar-refractivity contribution in [3.05, 3.63) is 60.2 Å². The molecule has 2 aromatic rings. The first-order valence-corrected chi connectivity index (χ1v) is 12.9. The first-order chi connectivity index (χ1) is 15.5. The smallest absolute Gasteiger partial charge is 0.326 e. The maximum Gasteiger partial charge on any atom is 0.326 e. The van der Waals surface area contributed by atoms with Crippen LogP contribution in [0.3, 0.4) is 0 Å². The van der Waals surface area contributed by atoms with Gasteiger partial charge in [-0.25, -0.2) is 8.42 Å². The molecule has 0 aliphatic heterocycles. The van der Waals surface area contributed by atoms with Gasteiger partial charge in [-0.1, -0.05) is 37.3 Å². The highest BCUT2D eigenvalue weighted by molar-refractivity contribution is 7.93. The molecule has 0 fully saturated rings. The van der Waals surface area contributed by atoms with Crippen molar-refractivity contribution in [3.8, 4) is 5.75 Å². The summed E-state index contributed by atoms with van der Waals surface area (Å²) in [4.78, 5) is 15.2. The highest BCUT2D eigenvalue weighted by Gasteiger charge is 2.57. The Bertz CT molecular complexity index is 995. The lowest BCUT2D eigenvalue weighted by Gasteiger charge is -2.41. The van der Waals surface area contributed by atoms with Crippen molar-refractivity contribution in [2.45, 2.75) is 69.2 Å². The van der Waals surface area contributed by atoms with E-state index < -0.39 is 26.5 Å². The van der Waals surface area contributed by atoms with Crippen LogP contribution in [-0.4, -0.2) is 54.9 Å². The fraction of sp³-hybridized carbons (Fsp3) is 0.500. The molecule has 2 rings (SSSR count). The van der Waals surface area contributed by atoms with Gasteiger partial charge in [0.2, 0.25) is 0 Å². The largest absolute Gasteiger partial charge is 0.497 e. The molecule has 7 heteroatoms. The molecule has 1 N–H and O–H groups in total. The van der Waals surface area contributed by atoms with Gasteiger partial charge in [0.1, 0.15) is 5.75 Å². The SMILES string of the molecule is CCC(CN(C(C)C)C(C)C)C(Cc1ccccc1)(C(=O)O)S(=O)(=O)c1ccc(OC)cc1. The number of benzene rings is 2. The molecule has 0 saturated heterocycles. The third-order valence-corrected chi connectivity index (χ3v) is 8.94. The van der Waals surface area contributed by atoms with Crippen LogP contribution in [0.25, 0.3) is 0 Å². The van der Waals surface area contributed by atoms with E-state index in [9.17, 15) is 18.3 Å². The molecule has 182 valence electrons. The molecular weight excluding hydrogens is 438 g/mol. The highest BCUT2D eigenvalue weighted by atomic mass is 32.2. The number of carboxylic acid groups (broad SMARTS) is 1. The van der Waals surface area contributed by atoms with E-state index in [1.54, 1.807) is 36.4 Å². The number of hydrogen-bond acceptors (Lipinski definition) is 5. The molecule has 0 aromatic heterocycles. The molecule has 0 saturated carbocycles. The fourth-order valence-corrected chi connectivity index (χ4v) is 6.75. The van der Waals surface area contributed by atoms with Crippen LogP contribution in [0.4, 0.5) is 0 Å². The predicted octanol–water partition coefficient (Wildman–Crippen LogP) is 4.68. The van der Waals surface area contributed by atoms with Gasteiger partial charge in [0.05, 0.1) is 12.0 Å². The van der Waals surface area contributed by atoms with Crippen molar-refractivity contribution in [3.63, 3.8) is 0 Å². The fourth-order valence-electron chi connectivity index (χ4n) is 4.57. The van der Waals surface area contributed by atoms with E-state index in [0.717, 1.165) is 0 Å². The van der Waals surface area contributed by atoms with Crippen LogP contribution < -0.4 is 4.74 Å². The summed E-state index contributed by atoms with van der Waals surface area (Å²) in [5, 5.41) is 10.7. The molecule has 2 atom stereocenters. The zero-order chi connectivity index (χ0) is 24.8. The van der Waals surface area contributed by atoms with E-state index in [0.29, 0.717) is 24.3 Å². The maximum atomic E-state index is 14.2. The number of sulfone groups is 1. The van der Waals surface area contributed by atoms with Gasteiger partial charge >= 0.3 is 5.97 Å². The summed E-state index contributed by atoms with van der Waals surface area (Å²) in [5.74, 6) is -1.44. The van der Waals surface area contributed by atoms with Gasteiger partial charge in [0.15, 0.2) is 14.6 Å². The van der Waals surface area contributed by atoms with Crippen molar-refractivity contribution in [2.24, 2.45) is 5.92 Å². The Morgan fingerprint density at radius 3 is 1.97 bits per heavy atom. The molecule has 0 aliphatic rings. The van der Waals surface area contributed by atoms with Crippen LogP contribution in [-0.2, 0) is 21.1 Å². The number of hydrogen-bond donors (Lipinski definition) is 1. The Labute approximate surface area is 198 Å². The zero-order valence-corrected chi connectivity index (χ0v) is 21.3. The van der Waals surface area contributed by atoms with Crippen molar-refractivity contribution in [2.75, 3.05) is 13.7 Å². The van der Waals surface area contributed by atoms with Crippen molar-refractivity contribution >= 4 is 15.8 Å². The van der Waals surface area contributed by atoms with Gasteiger partial charge in [-0.2, -0.15) is 0 Å². The number of rotatable bonds is 12. The van der Waals surface area contributed by atoms with Crippen LogP contribution >= 0.6 is 0 Å². The monoisotopic (exact) mass is 475 g/mol. The summed E-state index contributed by atoms with van der Waals surface area (Å²) in [7, 11) is -2.78. The summed E-state index contributed by atoms with van der Waals surface area (Å²) in [6.07, 6.45) is 0.296. The standard InChI is InChI=1S/C26H37NO5S/c1-7-22(18-27(19(2)3)20(4)5)26(25(28)29,17-21-11-9-8-10-12-21)33(30,31)24-15-13-23(32-6)14-16-24/h8-16,19-20,22H,7,17-18H2,1-6H3,(H,28,29). The molecule has 0 amide bonds. The molecule has 0 aliphatic carbocycles. The van der Waals surface area contributed by atoms with Crippen LogP contribution in [0.5, 0.6) is 5.75 Å². The van der Waals surface area contributed by atoms with Crippen molar-refractivity contribution in [1.82, 2.24) is 4.90 Å². The number of carbonyl (C=O) groups is 1. The Morgan fingerprint density at radius 1 is 1.00 bits per heavy atom. The summed E-state index contributed by atoms with van der Waals surface area (Å²) >= 11 is 0. The zero-order valence-electron chi connectivity index (χ0n) is 20.5. The summed E-state index contributed by atoms with van der Waals surface area (Å²) < 4.78 is 31.5. The normalized spacial score (nSPS) is 14.9. The minimum Gasteiger partial charge on any atom is -0.497 e. The first-order valence-electron chi connectivity index (χ1n) is 11.4. The van der Waals surface area contributed by atoms with Gasteiger partial charge in [-0.3, -0.25) is 9.69 Å². The van der Waals surface area contributed by atoms with Gasteiger partial charge in [-0.05, 0) is 63.9 Å². The summed E-state index contributed by atoms with van der Waals surface area (Å²) in [6.45, 7) is 10.4. The third kappa shape index (κ3) is 5.58. The molecule has 6 nitrogen and oxygen atoms in total. The van der Waals surface area contributed by atoms with Crippen LogP contribution in [0.2, 0.25) is 0 Å². The van der Waals surface area contributed by atoms with Crippen LogP contribution in [0.15, 0.2) is 59.5 Å². The van der Waals surface area contributed by atoms with E-state index in [1.165, 1.54) is 19.2 Å². The molecule has 0 spiro atoms. The molecule has 33 heavy (non-hydrogen) atoms. The van der Waals surface area contributed by atoms with Gasteiger partial charge in [0.25, 0.3) is 0 Å². The number of nitrogens with zero attached hydrogens (tertiary/aromatic N) is 1. The lowest BCUT2D eigenvalue weighted by atomic mass is 9.83. The van der Waals surface area contributed by atoms with E-state index >= 15 is 0 Å². The van der Waals surface area contributed by atoms with E-state index in [-0.39, 0.29) is 23.4 Å².